The van der Waals surface area contributed by atoms with Crippen molar-refractivity contribution in [2.45, 2.75) is 44.2 Å². The maximum atomic E-state index is 12.6. The third-order valence-corrected chi connectivity index (χ3v) is 6.06. The van der Waals surface area contributed by atoms with E-state index in [-0.39, 0.29) is 25.2 Å². The van der Waals surface area contributed by atoms with Crippen LogP contribution in [-0.4, -0.2) is 39.3 Å². The summed E-state index contributed by atoms with van der Waals surface area (Å²) in [6.07, 6.45) is 2.63. The fourth-order valence-corrected chi connectivity index (χ4v) is 4.34. The molecule has 2 aliphatic rings. The first-order chi connectivity index (χ1) is 16.1. The normalized spacial score (nSPS) is 18.8. The number of hydrogen-bond acceptors (Lipinski definition) is 6. The number of carbonyl (C=O) groups excluding carboxylic acids is 2. The van der Waals surface area contributed by atoms with Gasteiger partial charge in [-0.25, -0.2) is 4.98 Å². The number of amides is 2. The minimum atomic E-state index is -0.450. The summed E-state index contributed by atoms with van der Waals surface area (Å²) in [6.45, 7) is 0.485. The number of rotatable bonds is 8. The Labute approximate surface area is 190 Å². The van der Waals surface area contributed by atoms with Gasteiger partial charge in [-0.2, -0.15) is 5.10 Å². The van der Waals surface area contributed by atoms with Crippen LogP contribution in [0, 0.1) is 0 Å². The van der Waals surface area contributed by atoms with Crippen molar-refractivity contribution < 1.29 is 19.1 Å². The van der Waals surface area contributed by atoms with Crippen LogP contribution in [0.25, 0.3) is 11.4 Å². The minimum absolute atomic E-state index is 0.0197. The van der Waals surface area contributed by atoms with E-state index in [2.05, 4.69) is 25.8 Å². The highest BCUT2D eigenvalue weighted by Gasteiger charge is 2.38. The predicted octanol–water partition coefficient (Wildman–Crippen LogP) is 2.49. The molecule has 0 aliphatic carbocycles. The van der Waals surface area contributed by atoms with E-state index in [0.29, 0.717) is 49.5 Å². The van der Waals surface area contributed by atoms with Crippen molar-refractivity contribution in [2.75, 3.05) is 6.79 Å². The van der Waals surface area contributed by atoms with Gasteiger partial charge in [0.2, 0.25) is 18.6 Å². The summed E-state index contributed by atoms with van der Waals surface area (Å²) in [4.78, 5) is 29.0. The van der Waals surface area contributed by atoms with Crippen LogP contribution in [0.2, 0.25) is 0 Å². The SMILES string of the molecule is O=C(CC[C@@]1(Cc2ccc3c(c2)OCO3)CCC(=O)N1)NCc1nc(-c2ccccc2)n[nH]1. The van der Waals surface area contributed by atoms with Gasteiger partial charge in [0.05, 0.1) is 6.54 Å². The van der Waals surface area contributed by atoms with Crippen LogP contribution in [0.4, 0.5) is 0 Å². The van der Waals surface area contributed by atoms with E-state index >= 15 is 0 Å². The number of nitrogens with one attached hydrogen (secondary N) is 3. The first-order valence-corrected chi connectivity index (χ1v) is 11.0. The molecule has 9 nitrogen and oxygen atoms in total. The Kier molecular flexibility index (Phi) is 5.68. The van der Waals surface area contributed by atoms with Crippen molar-refractivity contribution in [1.29, 1.82) is 0 Å². The number of H-pyrrole nitrogens is 1. The quantitative estimate of drug-likeness (QED) is 0.488. The van der Waals surface area contributed by atoms with Gasteiger partial charge in [0.25, 0.3) is 0 Å². The van der Waals surface area contributed by atoms with Gasteiger partial charge >= 0.3 is 0 Å². The molecule has 0 spiro atoms. The molecule has 1 saturated heterocycles. The molecule has 3 aromatic rings. The molecule has 9 heteroatoms. The molecule has 2 aromatic carbocycles. The Morgan fingerprint density at radius 1 is 1.12 bits per heavy atom. The third-order valence-electron chi connectivity index (χ3n) is 6.06. The number of fused-ring (bicyclic) bond motifs is 1. The van der Waals surface area contributed by atoms with Crippen molar-refractivity contribution in [3.8, 4) is 22.9 Å². The van der Waals surface area contributed by atoms with Crippen LogP contribution in [-0.2, 0) is 22.6 Å². The van der Waals surface area contributed by atoms with E-state index in [1.807, 2.05) is 48.5 Å². The molecule has 1 aromatic heterocycles. The number of nitrogens with zero attached hydrogens (tertiary/aromatic N) is 2. The fourth-order valence-electron chi connectivity index (χ4n) is 4.34. The van der Waals surface area contributed by atoms with Crippen molar-refractivity contribution in [3.05, 3.63) is 59.9 Å². The molecular weight excluding hydrogens is 422 g/mol. The van der Waals surface area contributed by atoms with Gasteiger partial charge in [0.1, 0.15) is 5.82 Å². The van der Waals surface area contributed by atoms with Crippen LogP contribution in [0.15, 0.2) is 48.5 Å². The van der Waals surface area contributed by atoms with Gasteiger partial charge in [-0.15, -0.1) is 0 Å². The topological polar surface area (TPSA) is 118 Å². The minimum Gasteiger partial charge on any atom is -0.454 e. The highest BCUT2D eigenvalue weighted by Crippen LogP contribution is 2.36. The van der Waals surface area contributed by atoms with Gasteiger partial charge in [0, 0.05) is 23.9 Å². The van der Waals surface area contributed by atoms with E-state index < -0.39 is 5.54 Å². The zero-order chi connectivity index (χ0) is 22.7. The number of hydrogen-bond donors (Lipinski definition) is 3. The van der Waals surface area contributed by atoms with E-state index in [4.69, 9.17) is 9.47 Å². The number of aromatic nitrogens is 3. The van der Waals surface area contributed by atoms with E-state index in [0.717, 1.165) is 16.9 Å². The zero-order valence-electron chi connectivity index (χ0n) is 18.1. The molecule has 1 atom stereocenters. The lowest BCUT2D eigenvalue weighted by atomic mass is 9.85. The monoisotopic (exact) mass is 447 g/mol. The lowest BCUT2D eigenvalue weighted by Gasteiger charge is -2.29. The molecule has 2 amide bonds. The lowest BCUT2D eigenvalue weighted by molar-refractivity contribution is -0.123. The summed E-state index contributed by atoms with van der Waals surface area (Å²) in [5, 5.41) is 13.1. The molecule has 2 aliphatic heterocycles. The molecule has 170 valence electrons. The highest BCUT2D eigenvalue weighted by atomic mass is 16.7. The summed E-state index contributed by atoms with van der Waals surface area (Å²) < 4.78 is 10.8. The zero-order valence-corrected chi connectivity index (χ0v) is 18.1. The Bertz CT molecular complexity index is 1160. The molecule has 0 bridgehead atoms. The number of ether oxygens (including phenoxy) is 2. The Hall–Kier alpha value is -3.88. The largest absolute Gasteiger partial charge is 0.454 e. The number of benzene rings is 2. The van der Waals surface area contributed by atoms with Gasteiger partial charge < -0.3 is 20.1 Å². The Balaban J connectivity index is 1.17. The average molecular weight is 447 g/mol. The van der Waals surface area contributed by atoms with Crippen LogP contribution < -0.4 is 20.1 Å². The first-order valence-electron chi connectivity index (χ1n) is 11.0. The Morgan fingerprint density at radius 2 is 1.97 bits per heavy atom. The fraction of sp³-hybridized carbons (Fsp3) is 0.333. The van der Waals surface area contributed by atoms with Crippen LogP contribution in [0.3, 0.4) is 0 Å². The molecule has 0 saturated carbocycles. The maximum absolute atomic E-state index is 12.6. The number of carbonyl (C=O) groups is 2. The van der Waals surface area contributed by atoms with Gasteiger partial charge in [-0.05, 0) is 37.0 Å². The second-order valence-electron chi connectivity index (χ2n) is 8.44. The molecule has 33 heavy (non-hydrogen) atoms. The lowest BCUT2D eigenvalue weighted by Crippen LogP contribution is -2.44. The smallest absolute Gasteiger partial charge is 0.231 e. The standard InChI is InChI=1S/C24H25N5O4/c30-21(25-14-20-26-23(29-28-20)17-4-2-1-3-5-17)8-10-24(11-9-22(31)27-24)13-16-6-7-18-19(12-16)33-15-32-18/h1-7,12H,8-11,13-15H2,(H,25,30)(H,27,31)(H,26,28,29)/t24-/m0/s1. The molecule has 3 heterocycles. The van der Waals surface area contributed by atoms with E-state index in [9.17, 15) is 9.59 Å². The summed E-state index contributed by atoms with van der Waals surface area (Å²) in [7, 11) is 0. The first kappa shape index (κ1) is 21.0. The summed E-state index contributed by atoms with van der Waals surface area (Å²) >= 11 is 0. The molecule has 1 fully saturated rings. The second-order valence-corrected chi connectivity index (χ2v) is 8.44. The molecule has 3 N–H and O–H groups in total. The van der Waals surface area contributed by atoms with E-state index in [1.54, 1.807) is 0 Å². The van der Waals surface area contributed by atoms with Crippen molar-refractivity contribution >= 4 is 11.8 Å². The van der Waals surface area contributed by atoms with Crippen molar-refractivity contribution in [2.24, 2.45) is 0 Å². The molecular formula is C24H25N5O4. The average Bonchev–Trinajstić information content (AvgIpc) is 3.57. The Morgan fingerprint density at radius 3 is 2.79 bits per heavy atom. The van der Waals surface area contributed by atoms with Crippen molar-refractivity contribution in [1.82, 2.24) is 25.8 Å². The molecule has 0 radical (unpaired) electrons. The highest BCUT2D eigenvalue weighted by molar-refractivity contribution is 5.80. The predicted molar refractivity (Wildman–Crippen MR) is 119 cm³/mol. The van der Waals surface area contributed by atoms with Crippen molar-refractivity contribution in [3.63, 3.8) is 0 Å². The van der Waals surface area contributed by atoms with Crippen LogP contribution in [0.5, 0.6) is 11.5 Å². The summed E-state index contributed by atoms with van der Waals surface area (Å²) in [5.41, 5.74) is 1.50. The van der Waals surface area contributed by atoms with Crippen LogP contribution >= 0.6 is 0 Å². The van der Waals surface area contributed by atoms with Gasteiger partial charge in [0.15, 0.2) is 17.3 Å². The van der Waals surface area contributed by atoms with E-state index in [1.165, 1.54) is 0 Å². The molecule has 5 rings (SSSR count). The third kappa shape index (κ3) is 4.82. The summed E-state index contributed by atoms with van der Waals surface area (Å²) in [6, 6.07) is 15.5. The maximum Gasteiger partial charge on any atom is 0.231 e. The number of aromatic amines is 1. The van der Waals surface area contributed by atoms with Gasteiger partial charge in [-0.3, -0.25) is 14.7 Å². The van der Waals surface area contributed by atoms with Crippen LogP contribution in [0.1, 0.15) is 37.1 Å². The molecule has 0 unspecified atom stereocenters. The summed E-state index contributed by atoms with van der Waals surface area (Å²) in [5.74, 6) is 2.55. The van der Waals surface area contributed by atoms with Gasteiger partial charge in [-0.1, -0.05) is 36.4 Å². The second kappa shape index (κ2) is 8.93.